The van der Waals surface area contributed by atoms with Crippen molar-refractivity contribution >= 4 is 50.1 Å². The molecule has 5 rings (SSSR count). The fourth-order valence-electron chi connectivity index (χ4n) is 4.75. The van der Waals surface area contributed by atoms with Gasteiger partial charge in [-0.3, -0.25) is 9.36 Å². The van der Waals surface area contributed by atoms with Crippen LogP contribution in [0.25, 0.3) is 16.8 Å². The Kier molecular flexibility index (Phi) is 7.23. The SMILES string of the molecule is CCOC(=O)C1=C(C)N=c2s/c(=C\c3cc(Br)c(OC)c(OC)c3)c(=O)n2[C@H]1c1cccc2ccccc12. The fraction of sp³-hybridized carbons (Fsp3) is 0.207. The quantitative estimate of drug-likeness (QED) is 0.302. The van der Waals surface area contributed by atoms with Crippen LogP contribution in [0.4, 0.5) is 0 Å². The number of esters is 1. The summed E-state index contributed by atoms with van der Waals surface area (Å²) < 4.78 is 19.1. The first-order valence-corrected chi connectivity index (χ1v) is 13.6. The summed E-state index contributed by atoms with van der Waals surface area (Å²) >= 11 is 4.79. The number of fused-ring (bicyclic) bond motifs is 2. The number of benzene rings is 3. The minimum atomic E-state index is -0.685. The number of carbonyl (C=O) groups is 1. The van der Waals surface area contributed by atoms with Crippen molar-refractivity contribution in [3.05, 3.63) is 101 Å². The van der Waals surface area contributed by atoms with Crippen molar-refractivity contribution in [3.8, 4) is 11.5 Å². The van der Waals surface area contributed by atoms with Crippen LogP contribution in [0.1, 0.15) is 31.0 Å². The molecule has 0 radical (unpaired) electrons. The molecule has 0 fully saturated rings. The molecule has 4 aromatic rings. The van der Waals surface area contributed by atoms with Gasteiger partial charge in [0.2, 0.25) is 0 Å². The number of carbonyl (C=O) groups excluding carboxylic acids is 1. The average molecular weight is 593 g/mol. The first-order valence-electron chi connectivity index (χ1n) is 12.0. The number of ether oxygens (including phenoxy) is 3. The maximum atomic E-state index is 14.0. The minimum Gasteiger partial charge on any atom is -0.493 e. The third kappa shape index (κ3) is 4.46. The molecule has 194 valence electrons. The number of thiazole rings is 1. The molecule has 0 saturated heterocycles. The molecule has 1 aromatic heterocycles. The largest absolute Gasteiger partial charge is 0.493 e. The summed E-state index contributed by atoms with van der Waals surface area (Å²) in [7, 11) is 3.13. The third-order valence-corrected chi connectivity index (χ3v) is 7.96. The monoisotopic (exact) mass is 592 g/mol. The molecular formula is C29H25BrN2O5S. The summed E-state index contributed by atoms with van der Waals surface area (Å²) in [6, 6.07) is 16.8. The molecule has 7 nitrogen and oxygen atoms in total. The van der Waals surface area contributed by atoms with Gasteiger partial charge in [-0.2, -0.15) is 0 Å². The zero-order valence-electron chi connectivity index (χ0n) is 21.3. The molecule has 38 heavy (non-hydrogen) atoms. The lowest BCUT2D eigenvalue weighted by Gasteiger charge is -2.25. The van der Waals surface area contributed by atoms with Crippen molar-refractivity contribution in [3.63, 3.8) is 0 Å². The van der Waals surface area contributed by atoms with Crippen molar-refractivity contribution in [1.82, 2.24) is 4.57 Å². The second-order valence-electron chi connectivity index (χ2n) is 8.61. The molecule has 0 saturated carbocycles. The summed E-state index contributed by atoms with van der Waals surface area (Å²) in [5.41, 5.74) is 2.23. The number of nitrogens with zero attached hydrogens (tertiary/aromatic N) is 2. The van der Waals surface area contributed by atoms with Crippen LogP contribution < -0.4 is 24.4 Å². The maximum Gasteiger partial charge on any atom is 0.338 e. The lowest BCUT2D eigenvalue weighted by molar-refractivity contribution is -0.139. The Hall–Kier alpha value is -3.69. The van der Waals surface area contributed by atoms with E-state index < -0.39 is 12.0 Å². The van der Waals surface area contributed by atoms with Crippen LogP contribution in [-0.2, 0) is 9.53 Å². The molecule has 0 bridgehead atoms. The van der Waals surface area contributed by atoms with E-state index in [2.05, 4.69) is 20.9 Å². The molecule has 1 aliphatic heterocycles. The van der Waals surface area contributed by atoms with Crippen LogP contribution in [0.5, 0.6) is 11.5 Å². The van der Waals surface area contributed by atoms with Gasteiger partial charge in [0.1, 0.15) is 0 Å². The van der Waals surface area contributed by atoms with Gasteiger partial charge in [-0.15, -0.1) is 0 Å². The molecule has 1 atom stereocenters. The molecule has 1 aliphatic rings. The molecule has 3 aromatic carbocycles. The number of hydrogen-bond acceptors (Lipinski definition) is 7. The summed E-state index contributed by atoms with van der Waals surface area (Å²) in [6.07, 6.45) is 1.79. The van der Waals surface area contributed by atoms with E-state index in [-0.39, 0.29) is 12.2 Å². The Balaban J connectivity index is 1.78. The van der Waals surface area contributed by atoms with Gasteiger partial charge in [-0.05, 0) is 69.9 Å². The third-order valence-electron chi connectivity index (χ3n) is 6.39. The van der Waals surface area contributed by atoms with Gasteiger partial charge in [0.15, 0.2) is 16.3 Å². The van der Waals surface area contributed by atoms with Crippen molar-refractivity contribution in [2.45, 2.75) is 19.9 Å². The number of aromatic nitrogens is 1. The van der Waals surface area contributed by atoms with E-state index in [9.17, 15) is 9.59 Å². The van der Waals surface area contributed by atoms with Gasteiger partial charge < -0.3 is 14.2 Å². The standard InChI is InChI=1S/C29H25BrN2O5S/c1-5-37-28(34)24-16(2)31-29-32(25(24)20-12-8-10-18-9-6-7-11-19(18)20)27(33)23(38-29)15-17-13-21(30)26(36-4)22(14-17)35-3/h6-15,25H,5H2,1-4H3/b23-15-/t25-/m0/s1. The highest BCUT2D eigenvalue weighted by molar-refractivity contribution is 9.10. The van der Waals surface area contributed by atoms with E-state index >= 15 is 0 Å². The number of methoxy groups -OCH3 is 2. The second kappa shape index (κ2) is 10.6. The summed E-state index contributed by atoms with van der Waals surface area (Å²) in [5.74, 6) is 0.622. The lowest BCUT2D eigenvalue weighted by Crippen LogP contribution is -2.40. The van der Waals surface area contributed by atoms with Crippen LogP contribution in [-0.4, -0.2) is 31.4 Å². The average Bonchev–Trinajstić information content (AvgIpc) is 3.21. The van der Waals surface area contributed by atoms with Gasteiger partial charge in [-0.25, -0.2) is 9.79 Å². The van der Waals surface area contributed by atoms with E-state index in [4.69, 9.17) is 14.2 Å². The highest BCUT2D eigenvalue weighted by Crippen LogP contribution is 2.37. The first kappa shape index (κ1) is 25.9. The number of rotatable bonds is 6. The smallest absolute Gasteiger partial charge is 0.338 e. The highest BCUT2D eigenvalue weighted by atomic mass is 79.9. The molecular weight excluding hydrogens is 568 g/mol. The zero-order chi connectivity index (χ0) is 27.0. The van der Waals surface area contributed by atoms with E-state index in [1.54, 1.807) is 44.8 Å². The van der Waals surface area contributed by atoms with Gasteiger partial charge in [0.05, 0.1) is 47.1 Å². The second-order valence-corrected chi connectivity index (χ2v) is 10.5. The summed E-state index contributed by atoms with van der Waals surface area (Å²) in [4.78, 5) is 32.4. The Morgan fingerprint density at radius 3 is 2.63 bits per heavy atom. The van der Waals surface area contributed by atoms with E-state index in [1.165, 1.54) is 11.3 Å². The topological polar surface area (TPSA) is 79.1 Å². The van der Waals surface area contributed by atoms with E-state index in [0.717, 1.165) is 21.9 Å². The predicted octanol–water partition coefficient (Wildman–Crippen LogP) is 4.73. The van der Waals surface area contributed by atoms with Crippen LogP contribution in [0.3, 0.4) is 0 Å². The molecule has 0 aliphatic carbocycles. The fourth-order valence-corrected chi connectivity index (χ4v) is 6.42. The Morgan fingerprint density at radius 1 is 1.13 bits per heavy atom. The van der Waals surface area contributed by atoms with Crippen LogP contribution in [0.15, 0.2) is 80.1 Å². The Morgan fingerprint density at radius 2 is 1.89 bits per heavy atom. The molecule has 2 heterocycles. The van der Waals surface area contributed by atoms with Crippen LogP contribution in [0.2, 0.25) is 0 Å². The maximum absolute atomic E-state index is 14.0. The number of allylic oxidation sites excluding steroid dienone is 1. The number of hydrogen-bond donors (Lipinski definition) is 0. The normalized spacial score (nSPS) is 15.3. The first-order chi connectivity index (χ1) is 18.4. The van der Waals surface area contributed by atoms with Crippen molar-refractivity contribution < 1.29 is 19.0 Å². The van der Waals surface area contributed by atoms with Gasteiger partial charge in [-0.1, -0.05) is 53.8 Å². The minimum absolute atomic E-state index is 0.219. The lowest BCUT2D eigenvalue weighted by atomic mass is 9.91. The molecule has 0 spiro atoms. The Labute approximate surface area is 231 Å². The van der Waals surface area contributed by atoms with Gasteiger partial charge >= 0.3 is 5.97 Å². The number of halogens is 1. The van der Waals surface area contributed by atoms with Gasteiger partial charge in [0, 0.05) is 0 Å². The van der Waals surface area contributed by atoms with Crippen LogP contribution in [0, 0.1) is 0 Å². The van der Waals surface area contributed by atoms with Gasteiger partial charge in [0.25, 0.3) is 5.56 Å². The van der Waals surface area contributed by atoms with Crippen molar-refractivity contribution in [2.75, 3.05) is 20.8 Å². The molecule has 0 amide bonds. The van der Waals surface area contributed by atoms with E-state index in [0.29, 0.717) is 36.6 Å². The predicted molar refractivity (Wildman–Crippen MR) is 152 cm³/mol. The highest BCUT2D eigenvalue weighted by Gasteiger charge is 2.34. The van der Waals surface area contributed by atoms with Crippen molar-refractivity contribution in [2.24, 2.45) is 4.99 Å². The molecule has 0 N–H and O–H groups in total. The summed E-state index contributed by atoms with van der Waals surface area (Å²) in [6.45, 7) is 3.76. The zero-order valence-corrected chi connectivity index (χ0v) is 23.7. The summed E-state index contributed by atoms with van der Waals surface area (Å²) in [5, 5.41) is 1.97. The van der Waals surface area contributed by atoms with Crippen molar-refractivity contribution in [1.29, 1.82) is 0 Å². The van der Waals surface area contributed by atoms with Crippen LogP contribution >= 0.6 is 27.3 Å². The molecule has 0 unspecified atom stereocenters. The Bertz CT molecular complexity index is 1780. The molecule has 9 heteroatoms. The van der Waals surface area contributed by atoms with E-state index in [1.807, 2.05) is 48.5 Å².